The molecule has 0 fully saturated rings. The van der Waals surface area contributed by atoms with E-state index in [0.717, 1.165) is 0 Å². The summed E-state index contributed by atoms with van der Waals surface area (Å²) in [6.45, 7) is 3.81. The van der Waals surface area contributed by atoms with Crippen molar-refractivity contribution in [1.82, 2.24) is 0 Å². The van der Waals surface area contributed by atoms with E-state index in [1.54, 1.807) is 13.8 Å². The topological polar surface area (TPSA) is 89.5 Å². The van der Waals surface area contributed by atoms with E-state index < -0.39 is 38.6 Å². The van der Waals surface area contributed by atoms with Crippen LogP contribution in [0.4, 0.5) is 30.2 Å². The number of anilines is 1. The Morgan fingerprint density at radius 1 is 1.04 bits per heavy atom. The molecule has 0 amide bonds. The molecule has 0 aliphatic rings. The molecule has 1 rings (SSSR count). The molecule has 0 aliphatic carbocycles. The maximum atomic E-state index is 13.3. The molecule has 0 unspecified atom stereocenters. The first-order valence-electron chi connectivity index (χ1n) is 6.92. The fourth-order valence-electron chi connectivity index (χ4n) is 2.27. The first kappa shape index (κ1) is 18.7. The summed E-state index contributed by atoms with van der Waals surface area (Å²) in [5, 5.41) is 22.0. The number of nitrogens with zero attached hydrogens (tertiary/aromatic N) is 3. The maximum absolute atomic E-state index is 13.3. The molecule has 0 radical (unpaired) electrons. The van der Waals surface area contributed by atoms with Crippen LogP contribution >= 0.6 is 0 Å². The highest BCUT2D eigenvalue weighted by Gasteiger charge is 2.41. The summed E-state index contributed by atoms with van der Waals surface area (Å²) in [5.41, 5.74) is -3.84. The molecule has 0 aliphatic heterocycles. The van der Waals surface area contributed by atoms with E-state index in [1.165, 1.54) is 4.90 Å². The van der Waals surface area contributed by atoms with Gasteiger partial charge in [0, 0.05) is 19.2 Å². The van der Waals surface area contributed by atoms with Crippen LogP contribution < -0.4 is 4.90 Å². The SMILES string of the molecule is CCCN(CCC)c1c([N+](=O)[O-])cc([N+](=O)[O-])cc1C(F)(F)F. The predicted molar refractivity (Wildman–Crippen MR) is 77.5 cm³/mol. The van der Waals surface area contributed by atoms with Crippen molar-refractivity contribution in [2.75, 3.05) is 18.0 Å². The van der Waals surface area contributed by atoms with Gasteiger partial charge < -0.3 is 4.90 Å². The Labute approximate surface area is 130 Å². The maximum Gasteiger partial charge on any atom is 0.418 e. The number of non-ortho nitro benzene ring substituents is 1. The highest BCUT2D eigenvalue weighted by Crippen LogP contribution is 2.44. The molecule has 23 heavy (non-hydrogen) atoms. The molecule has 7 nitrogen and oxygen atoms in total. The third kappa shape index (κ3) is 4.30. The van der Waals surface area contributed by atoms with Gasteiger partial charge in [-0.3, -0.25) is 20.2 Å². The van der Waals surface area contributed by atoms with Crippen molar-refractivity contribution >= 4 is 17.1 Å². The first-order valence-corrected chi connectivity index (χ1v) is 6.92. The van der Waals surface area contributed by atoms with Crippen molar-refractivity contribution in [2.45, 2.75) is 32.9 Å². The minimum atomic E-state index is -4.94. The highest BCUT2D eigenvalue weighted by molar-refractivity contribution is 5.72. The molecule has 0 bridgehead atoms. The summed E-state index contributed by atoms with van der Waals surface area (Å²) in [4.78, 5) is 21.1. The van der Waals surface area contributed by atoms with Crippen LogP contribution in [0.2, 0.25) is 0 Å². The van der Waals surface area contributed by atoms with Crippen LogP contribution in [-0.4, -0.2) is 22.9 Å². The zero-order valence-electron chi connectivity index (χ0n) is 12.6. The van der Waals surface area contributed by atoms with Crippen LogP contribution in [0.25, 0.3) is 0 Å². The third-order valence-electron chi connectivity index (χ3n) is 3.09. The number of benzene rings is 1. The normalized spacial score (nSPS) is 11.3. The fourth-order valence-corrected chi connectivity index (χ4v) is 2.27. The summed E-state index contributed by atoms with van der Waals surface area (Å²) in [6.07, 6.45) is -3.98. The number of alkyl halides is 3. The molecule has 0 saturated heterocycles. The predicted octanol–water partition coefficient (Wildman–Crippen LogP) is 4.15. The molecular weight excluding hydrogens is 319 g/mol. The second-order valence-electron chi connectivity index (χ2n) is 4.86. The Balaban J connectivity index is 3.74. The van der Waals surface area contributed by atoms with Gasteiger partial charge in [0.1, 0.15) is 5.69 Å². The molecule has 0 spiro atoms. The van der Waals surface area contributed by atoms with Crippen LogP contribution in [0.1, 0.15) is 32.3 Å². The van der Waals surface area contributed by atoms with E-state index >= 15 is 0 Å². The van der Waals surface area contributed by atoms with Gasteiger partial charge in [-0.2, -0.15) is 13.2 Å². The van der Waals surface area contributed by atoms with Crippen molar-refractivity contribution in [2.24, 2.45) is 0 Å². The van der Waals surface area contributed by atoms with Gasteiger partial charge in [-0.15, -0.1) is 0 Å². The second kappa shape index (κ2) is 7.25. The minimum absolute atomic E-state index is 0.176. The molecular formula is C13H16F3N3O4. The molecule has 0 saturated carbocycles. The lowest BCUT2D eigenvalue weighted by molar-refractivity contribution is -0.394. The smallest absolute Gasteiger partial charge is 0.366 e. The Bertz CT molecular complexity index is 599. The van der Waals surface area contributed by atoms with Crippen molar-refractivity contribution < 1.29 is 23.0 Å². The fraction of sp³-hybridized carbons (Fsp3) is 0.538. The zero-order valence-corrected chi connectivity index (χ0v) is 12.6. The number of hydrogen-bond donors (Lipinski definition) is 0. The van der Waals surface area contributed by atoms with E-state index in [4.69, 9.17) is 0 Å². The van der Waals surface area contributed by atoms with Gasteiger partial charge in [0.05, 0.1) is 21.5 Å². The molecule has 0 heterocycles. The number of nitro benzene ring substituents is 2. The lowest BCUT2D eigenvalue weighted by atomic mass is 10.1. The van der Waals surface area contributed by atoms with Crippen molar-refractivity contribution in [3.05, 3.63) is 37.9 Å². The van der Waals surface area contributed by atoms with E-state index in [0.29, 0.717) is 25.0 Å². The average molecular weight is 335 g/mol. The minimum Gasteiger partial charge on any atom is -0.366 e. The largest absolute Gasteiger partial charge is 0.418 e. The van der Waals surface area contributed by atoms with Gasteiger partial charge in [0.25, 0.3) is 11.4 Å². The zero-order chi connectivity index (χ0) is 17.8. The van der Waals surface area contributed by atoms with Crippen molar-refractivity contribution in [3.8, 4) is 0 Å². The van der Waals surface area contributed by atoms with E-state index in [2.05, 4.69) is 0 Å². The molecule has 10 heteroatoms. The molecule has 128 valence electrons. The molecule has 0 N–H and O–H groups in total. The number of hydrogen-bond acceptors (Lipinski definition) is 5. The summed E-state index contributed by atoms with van der Waals surface area (Å²) in [5.74, 6) is 0. The first-order chi connectivity index (χ1) is 10.6. The van der Waals surface area contributed by atoms with Crippen LogP contribution in [0, 0.1) is 20.2 Å². The van der Waals surface area contributed by atoms with Crippen molar-refractivity contribution in [3.63, 3.8) is 0 Å². The standard InChI is InChI=1S/C13H16F3N3O4/c1-3-5-17(6-4-2)12-10(13(14,15)16)7-9(18(20)21)8-11(12)19(22)23/h7-8H,3-6H2,1-2H3. The van der Waals surface area contributed by atoms with Crippen molar-refractivity contribution in [1.29, 1.82) is 0 Å². The number of halogens is 3. The number of rotatable bonds is 7. The summed E-state index contributed by atoms with van der Waals surface area (Å²) in [7, 11) is 0. The molecule has 1 aromatic rings. The Kier molecular flexibility index (Phi) is 5.88. The average Bonchev–Trinajstić information content (AvgIpc) is 2.44. The van der Waals surface area contributed by atoms with Gasteiger partial charge in [0.2, 0.25) is 0 Å². The highest BCUT2D eigenvalue weighted by atomic mass is 19.4. The van der Waals surface area contributed by atoms with Gasteiger partial charge in [-0.05, 0) is 12.8 Å². The molecule has 0 aromatic heterocycles. The monoisotopic (exact) mass is 335 g/mol. The number of nitro groups is 2. The van der Waals surface area contributed by atoms with Gasteiger partial charge in [-0.25, -0.2) is 0 Å². The quantitative estimate of drug-likeness (QED) is 0.551. The third-order valence-corrected chi connectivity index (χ3v) is 3.09. The Hall–Kier alpha value is -2.39. The van der Waals surface area contributed by atoms with E-state index in [1.807, 2.05) is 0 Å². The summed E-state index contributed by atoms with van der Waals surface area (Å²) >= 11 is 0. The van der Waals surface area contributed by atoms with E-state index in [-0.39, 0.29) is 13.1 Å². The van der Waals surface area contributed by atoms with Gasteiger partial charge >= 0.3 is 6.18 Å². The molecule has 0 atom stereocenters. The van der Waals surface area contributed by atoms with Crippen LogP contribution in [-0.2, 0) is 6.18 Å². The lowest BCUT2D eigenvalue weighted by Crippen LogP contribution is -2.28. The Morgan fingerprint density at radius 2 is 1.57 bits per heavy atom. The van der Waals surface area contributed by atoms with Gasteiger partial charge in [0.15, 0.2) is 0 Å². The second-order valence-corrected chi connectivity index (χ2v) is 4.86. The van der Waals surface area contributed by atoms with Gasteiger partial charge in [-0.1, -0.05) is 13.8 Å². The lowest BCUT2D eigenvalue weighted by Gasteiger charge is -2.26. The summed E-state index contributed by atoms with van der Waals surface area (Å²) < 4.78 is 39.9. The Morgan fingerprint density at radius 3 is 1.91 bits per heavy atom. The van der Waals surface area contributed by atoms with Crippen LogP contribution in [0.5, 0.6) is 0 Å². The van der Waals surface area contributed by atoms with E-state index in [9.17, 15) is 33.4 Å². The van der Waals surface area contributed by atoms with Crippen LogP contribution in [0.3, 0.4) is 0 Å². The van der Waals surface area contributed by atoms with Crippen LogP contribution in [0.15, 0.2) is 12.1 Å². The molecule has 1 aromatic carbocycles. The summed E-state index contributed by atoms with van der Waals surface area (Å²) in [6, 6.07) is 0.920.